The lowest BCUT2D eigenvalue weighted by Crippen LogP contribution is -2.45. The quantitative estimate of drug-likeness (QED) is 0.495. The fourth-order valence-corrected chi connectivity index (χ4v) is 4.47. The van der Waals surface area contributed by atoms with Crippen LogP contribution in [0, 0.1) is 5.92 Å². The molecule has 186 valence electrons. The Kier molecular flexibility index (Phi) is 7.63. The van der Waals surface area contributed by atoms with E-state index in [4.69, 9.17) is 9.84 Å². The molecule has 9 heteroatoms. The van der Waals surface area contributed by atoms with Crippen LogP contribution in [0.2, 0.25) is 0 Å². The Balaban J connectivity index is 1.36. The van der Waals surface area contributed by atoms with Crippen molar-refractivity contribution in [3.63, 3.8) is 0 Å². The first-order valence-corrected chi connectivity index (χ1v) is 11.7. The average molecular weight is 487 g/mol. The van der Waals surface area contributed by atoms with E-state index in [-0.39, 0.29) is 31.4 Å². The van der Waals surface area contributed by atoms with E-state index in [0.29, 0.717) is 6.54 Å². The smallest absolute Gasteiger partial charge is 0.407 e. The molecule has 2 aromatic rings. The van der Waals surface area contributed by atoms with Gasteiger partial charge in [-0.3, -0.25) is 9.59 Å². The highest BCUT2D eigenvalue weighted by Crippen LogP contribution is 2.44. The zero-order valence-electron chi connectivity index (χ0n) is 19.2. The number of benzene rings is 2. The topological polar surface area (TPSA) is 95.9 Å². The lowest BCUT2D eigenvalue weighted by Gasteiger charge is -2.25. The fourth-order valence-electron chi connectivity index (χ4n) is 4.47. The van der Waals surface area contributed by atoms with Crippen LogP contribution in [0.5, 0.6) is 0 Å². The van der Waals surface area contributed by atoms with Crippen molar-refractivity contribution in [2.24, 2.45) is 5.92 Å². The zero-order chi connectivity index (χ0) is 24.9. The van der Waals surface area contributed by atoms with Crippen molar-refractivity contribution in [1.29, 1.82) is 0 Å². The number of alkyl carbamates (subject to hydrolysis) is 1. The van der Waals surface area contributed by atoms with Gasteiger partial charge in [-0.05, 0) is 41.0 Å². The first-order chi connectivity index (χ1) is 16.8. The van der Waals surface area contributed by atoms with Gasteiger partial charge in [-0.2, -0.15) is 0 Å². The molecule has 7 nitrogen and oxygen atoms in total. The number of carboxylic acid groups (broad SMARTS) is 1. The number of carbonyl (C=O) groups is 3. The van der Waals surface area contributed by atoms with Crippen LogP contribution in [-0.2, 0) is 14.3 Å². The molecule has 35 heavy (non-hydrogen) atoms. The SMILES string of the molecule is O=C(O)CCN(CC1CC1)C(=O)CC(NC(=O)OCC1c2ccccc2-c2ccccc21)C(F)F. The molecule has 1 atom stereocenters. The van der Waals surface area contributed by atoms with Crippen molar-refractivity contribution in [3.05, 3.63) is 59.7 Å². The Hall–Kier alpha value is -3.49. The number of aliphatic carboxylic acids is 1. The molecule has 1 unspecified atom stereocenters. The molecule has 0 bridgehead atoms. The van der Waals surface area contributed by atoms with E-state index in [9.17, 15) is 23.2 Å². The molecule has 2 amide bonds. The van der Waals surface area contributed by atoms with E-state index >= 15 is 0 Å². The van der Waals surface area contributed by atoms with Crippen molar-refractivity contribution in [2.45, 2.75) is 44.1 Å². The molecule has 2 aliphatic carbocycles. The number of fused-ring (bicyclic) bond motifs is 3. The molecule has 0 spiro atoms. The predicted octanol–water partition coefficient (Wildman–Crippen LogP) is 4.26. The van der Waals surface area contributed by atoms with Crippen molar-refractivity contribution in [3.8, 4) is 11.1 Å². The Morgan fingerprint density at radius 2 is 1.63 bits per heavy atom. The van der Waals surface area contributed by atoms with Gasteiger partial charge in [0.15, 0.2) is 0 Å². The van der Waals surface area contributed by atoms with E-state index in [0.717, 1.165) is 35.1 Å². The van der Waals surface area contributed by atoms with Crippen molar-refractivity contribution in [2.75, 3.05) is 19.7 Å². The molecule has 1 fully saturated rings. The van der Waals surface area contributed by atoms with Crippen molar-refractivity contribution < 1.29 is 33.0 Å². The second-order valence-electron chi connectivity index (χ2n) is 9.04. The molecule has 0 saturated heterocycles. The lowest BCUT2D eigenvalue weighted by molar-refractivity contribution is -0.139. The lowest BCUT2D eigenvalue weighted by atomic mass is 9.98. The summed E-state index contributed by atoms with van der Waals surface area (Å²) in [7, 11) is 0. The summed E-state index contributed by atoms with van der Waals surface area (Å²) < 4.78 is 32.7. The molecule has 2 aliphatic rings. The maximum Gasteiger partial charge on any atom is 0.407 e. The summed E-state index contributed by atoms with van der Waals surface area (Å²) in [4.78, 5) is 37.3. The molecular formula is C26H28F2N2O5. The molecule has 0 aliphatic heterocycles. The van der Waals surface area contributed by atoms with Gasteiger partial charge >= 0.3 is 12.1 Å². The number of nitrogens with one attached hydrogen (secondary N) is 1. The third kappa shape index (κ3) is 6.15. The number of ether oxygens (including phenoxy) is 1. The summed E-state index contributed by atoms with van der Waals surface area (Å²) >= 11 is 0. The third-order valence-corrected chi connectivity index (χ3v) is 6.47. The van der Waals surface area contributed by atoms with Gasteiger partial charge in [0.1, 0.15) is 12.6 Å². The average Bonchev–Trinajstić information content (AvgIpc) is 3.60. The predicted molar refractivity (Wildman–Crippen MR) is 124 cm³/mol. The van der Waals surface area contributed by atoms with Gasteiger partial charge in [-0.1, -0.05) is 48.5 Å². The maximum atomic E-state index is 13.7. The van der Waals surface area contributed by atoms with E-state index in [2.05, 4.69) is 5.32 Å². The second kappa shape index (κ2) is 10.8. The van der Waals surface area contributed by atoms with E-state index < -0.39 is 36.9 Å². The summed E-state index contributed by atoms with van der Waals surface area (Å²) in [6, 6.07) is 13.8. The standard InChI is InChI=1S/C26H28F2N2O5/c27-25(28)22(13-23(31)30(12-11-24(32)33)14-16-9-10-16)29-26(34)35-15-21-19-7-3-1-5-17(19)18-6-2-4-8-20(18)21/h1-8,16,21-22,25H,9-15H2,(H,29,34)(H,32,33). The van der Waals surface area contributed by atoms with Gasteiger partial charge in [-0.15, -0.1) is 0 Å². The molecule has 2 N–H and O–H groups in total. The maximum absolute atomic E-state index is 13.7. The number of rotatable bonds is 11. The molecular weight excluding hydrogens is 458 g/mol. The normalized spacial score (nSPS) is 15.3. The van der Waals surface area contributed by atoms with E-state index in [1.807, 2.05) is 48.5 Å². The summed E-state index contributed by atoms with van der Waals surface area (Å²) in [5.41, 5.74) is 4.09. The van der Waals surface area contributed by atoms with Crippen LogP contribution < -0.4 is 5.32 Å². The third-order valence-electron chi connectivity index (χ3n) is 6.47. The number of hydrogen-bond donors (Lipinski definition) is 2. The number of carboxylic acids is 1. The number of carbonyl (C=O) groups excluding carboxylic acids is 2. The van der Waals surface area contributed by atoms with Crippen LogP contribution in [-0.4, -0.2) is 60.1 Å². The number of hydrogen-bond acceptors (Lipinski definition) is 4. The van der Waals surface area contributed by atoms with Gasteiger partial charge in [0.25, 0.3) is 6.43 Å². The first kappa shape index (κ1) is 24.6. The van der Waals surface area contributed by atoms with Gasteiger partial charge in [0.05, 0.1) is 12.8 Å². The first-order valence-electron chi connectivity index (χ1n) is 11.7. The number of halogens is 2. The van der Waals surface area contributed by atoms with Gasteiger partial charge in [-0.25, -0.2) is 13.6 Å². The minimum Gasteiger partial charge on any atom is -0.481 e. The fraction of sp³-hybridized carbons (Fsp3) is 0.423. The minimum atomic E-state index is -2.98. The van der Waals surface area contributed by atoms with Crippen LogP contribution >= 0.6 is 0 Å². The minimum absolute atomic E-state index is 0.0316. The summed E-state index contributed by atoms with van der Waals surface area (Å²) in [6.07, 6.45) is -3.06. The zero-order valence-corrected chi connectivity index (χ0v) is 19.2. The molecule has 0 aromatic heterocycles. The molecule has 0 heterocycles. The molecule has 4 rings (SSSR count). The van der Waals surface area contributed by atoms with Crippen molar-refractivity contribution in [1.82, 2.24) is 10.2 Å². The van der Waals surface area contributed by atoms with Gasteiger partial charge in [0.2, 0.25) is 5.91 Å². The van der Waals surface area contributed by atoms with Crippen LogP contribution in [0.3, 0.4) is 0 Å². The van der Waals surface area contributed by atoms with E-state index in [1.54, 1.807) is 0 Å². The Morgan fingerprint density at radius 3 is 2.17 bits per heavy atom. The van der Waals surface area contributed by atoms with Crippen LogP contribution in [0.25, 0.3) is 11.1 Å². The van der Waals surface area contributed by atoms with Gasteiger partial charge in [0, 0.05) is 19.0 Å². The largest absolute Gasteiger partial charge is 0.481 e. The summed E-state index contributed by atoms with van der Waals surface area (Å²) in [5.74, 6) is -1.62. The molecule has 1 saturated carbocycles. The Morgan fingerprint density at radius 1 is 1.03 bits per heavy atom. The Bertz CT molecular complexity index is 1040. The summed E-state index contributed by atoms with van der Waals surface area (Å²) in [6.45, 7) is 0.259. The van der Waals surface area contributed by atoms with Crippen LogP contribution in [0.15, 0.2) is 48.5 Å². The summed E-state index contributed by atoms with van der Waals surface area (Å²) in [5, 5.41) is 11.1. The van der Waals surface area contributed by atoms with Gasteiger partial charge < -0.3 is 20.1 Å². The number of amides is 2. The second-order valence-corrected chi connectivity index (χ2v) is 9.04. The van der Waals surface area contributed by atoms with Crippen molar-refractivity contribution >= 4 is 18.0 Å². The monoisotopic (exact) mass is 486 g/mol. The number of alkyl halides is 2. The van der Waals surface area contributed by atoms with Crippen LogP contribution in [0.4, 0.5) is 13.6 Å². The molecule has 0 radical (unpaired) electrons. The molecule has 2 aromatic carbocycles. The highest BCUT2D eigenvalue weighted by atomic mass is 19.3. The van der Waals surface area contributed by atoms with Crippen LogP contribution in [0.1, 0.15) is 42.7 Å². The Labute approximate surface area is 202 Å². The van der Waals surface area contributed by atoms with E-state index in [1.165, 1.54) is 4.90 Å². The highest BCUT2D eigenvalue weighted by molar-refractivity contribution is 5.80. The number of nitrogens with zero attached hydrogens (tertiary/aromatic N) is 1. The highest BCUT2D eigenvalue weighted by Gasteiger charge is 2.33.